The Morgan fingerprint density at radius 3 is 2.84 bits per heavy atom. The van der Waals surface area contributed by atoms with Crippen LogP contribution in [-0.2, 0) is 4.74 Å². The first kappa shape index (κ1) is 14.3. The summed E-state index contributed by atoms with van der Waals surface area (Å²) < 4.78 is 5.62. The van der Waals surface area contributed by atoms with Gasteiger partial charge in [0.25, 0.3) is 0 Å². The van der Waals surface area contributed by atoms with Crippen molar-refractivity contribution in [2.45, 2.75) is 45.4 Å². The van der Waals surface area contributed by atoms with Crippen molar-refractivity contribution in [3.8, 4) is 0 Å². The molecule has 0 radical (unpaired) electrons. The van der Waals surface area contributed by atoms with E-state index in [1.807, 2.05) is 6.20 Å². The van der Waals surface area contributed by atoms with Crippen LogP contribution >= 0.6 is 0 Å². The minimum absolute atomic E-state index is 0.284. The second-order valence-corrected chi connectivity index (χ2v) is 5.27. The Labute approximate surface area is 116 Å². The molecule has 19 heavy (non-hydrogen) atoms. The molecule has 4 nitrogen and oxygen atoms in total. The summed E-state index contributed by atoms with van der Waals surface area (Å²) in [5.74, 6) is 1.02. The maximum absolute atomic E-state index is 5.62. The molecule has 0 aliphatic carbocycles. The van der Waals surface area contributed by atoms with Crippen molar-refractivity contribution in [2.24, 2.45) is 0 Å². The molecule has 1 N–H and O–H groups in total. The molecule has 1 aromatic rings. The van der Waals surface area contributed by atoms with Crippen molar-refractivity contribution >= 4 is 5.82 Å². The molecular weight excluding hydrogens is 238 g/mol. The summed E-state index contributed by atoms with van der Waals surface area (Å²) in [5.41, 5.74) is 1.23. The van der Waals surface area contributed by atoms with E-state index in [1.165, 1.54) is 5.56 Å². The third-order valence-corrected chi connectivity index (χ3v) is 3.98. The summed E-state index contributed by atoms with van der Waals surface area (Å²) in [7, 11) is 2.10. The summed E-state index contributed by atoms with van der Waals surface area (Å²) in [6, 6.07) is 5.05. The molecule has 1 fully saturated rings. The van der Waals surface area contributed by atoms with Crippen LogP contribution in [0.25, 0.3) is 0 Å². The van der Waals surface area contributed by atoms with Crippen molar-refractivity contribution in [3.63, 3.8) is 0 Å². The summed E-state index contributed by atoms with van der Waals surface area (Å²) in [6.45, 7) is 8.24. The number of likely N-dealkylation sites (N-methyl/N-ethyl adjacent to an activating group) is 1. The van der Waals surface area contributed by atoms with Crippen molar-refractivity contribution in [3.05, 3.63) is 23.9 Å². The van der Waals surface area contributed by atoms with Crippen molar-refractivity contribution in [1.82, 2.24) is 10.3 Å². The molecule has 3 unspecified atom stereocenters. The van der Waals surface area contributed by atoms with Crippen LogP contribution in [0.1, 0.15) is 38.8 Å². The van der Waals surface area contributed by atoms with Gasteiger partial charge in [-0.2, -0.15) is 0 Å². The molecule has 0 aromatic carbocycles. The maximum Gasteiger partial charge on any atom is 0.128 e. The molecule has 0 saturated carbocycles. The fraction of sp³-hybridized carbons (Fsp3) is 0.667. The minimum Gasteiger partial charge on any atom is -0.376 e. The van der Waals surface area contributed by atoms with Gasteiger partial charge < -0.3 is 15.0 Å². The van der Waals surface area contributed by atoms with Gasteiger partial charge in [-0.25, -0.2) is 4.98 Å². The largest absolute Gasteiger partial charge is 0.376 e. The zero-order valence-electron chi connectivity index (χ0n) is 12.4. The average molecular weight is 263 g/mol. The van der Waals surface area contributed by atoms with Gasteiger partial charge in [0.15, 0.2) is 0 Å². The summed E-state index contributed by atoms with van der Waals surface area (Å²) in [5, 5.41) is 3.40. The smallest absolute Gasteiger partial charge is 0.128 e. The highest BCUT2D eigenvalue weighted by atomic mass is 16.5. The van der Waals surface area contributed by atoms with E-state index in [9.17, 15) is 0 Å². The van der Waals surface area contributed by atoms with E-state index in [0.717, 1.165) is 25.4 Å². The monoisotopic (exact) mass is 263 g/mol. The van der Waals surface area contributed by atoms with E-state index in [1.54, 1.807) is 0 Å². The molecule has 2 heterocycles. The topological polar surface area (TPSA) is 37.4 Å². The molecule has 1 aromatic heterocycles. The zero-order valence-corrected chi connectivity index (χ0v) is 12.4. The van der Waals surface area contributed by atoms with E-state index >= 15 is 0 Å². The second kappa shape index (κ2) is 6.35. The summed E-state index contributed by atoms with van der Waals surface area (Å²) in [6.07, 6.45) is 3.33. The van der Waals surface area contributed by atoms with E-state index in [0.29, 0.717) is 12.1 Å². The van der Waals surface area contributed by atoms with Gasteiger partial charge in [0.05, 0.1) is 12.1 Å². The number of ether oxygens (including phenoxy) is 1. The highest BCUT2D eigenvalue weighted by Crippen LogP contribution is 2.23. The third kappa shape index (κ3) is 3.25. The van der Waals surface area contributed by atoms with E-state index in [2.05, 4.69) is 55.2 Å². The quantitative estimate of drug-likeness (QED) is 0.885. The Morgan fingerprint density at radius 1 is 1.53 bits per heavy atom. The van der Waals surface area contributed by atoms with Gasteiger partial charge in [0, 0.05) is 25.9 Å². The SMILES string of the molecule is CCNC(C)c1ccc(N(C)C2CCOC2C)nc1. The third-order valence-electron chi connectivity index (χ3n) is 3.98. The van der Waals surface area contributed by atoms with Crippen molar-refractivity contribution in [1.29, 1.82) is 0 Å². The predicted octanol–water partition coefficient (Wildman–Crippen LogP) is 2.37. The Balaban J connectivity index is 2.05. The highest BCUT2D eigenvalue weighted by Gasteiger charge is 2.28. The molecule has 3 atom stereocenters. The number of aromatic nitrogens is 1. The lowest BCUT2D eigenvalue weighted by Gasteiger charge is -2.28. The van der Waals surface area contributed by atoms with Crippen LogP contribution in [-0.4, -0.2) is 37.3 Å². The molecule has 4 heteroatoms. The number of hydrogen-bond donors (Lipinski definition) is 1. The fourth-order valence-corrected chi connectivity index (χ4v) is 2.69. The van der Waals surface area contributed by atoms with Crippen LogP contribution in [0.4, 0.5) is 5.82 Å². The highest BCUT2D eigenvalue weighted by molar-refractivity contribution is 5.40. The van der Waals surface area contributed by atoms with Crippen LogP contribution in [0.3, 0.4) is 0 Å². The lowest BCUT2D eigenvalue weighted by Crippen LogP contribution is -2.37. The molecule has 1 aliphatic heterocycles. The number of hydrogen-bond acceptors (Lipinski definition) is 4. The van der Waals surface area contributed by atoms with Gasteiger partial charge >= 0.3 is 0 Å². The number of nitrogens with one attached hydrogen (secondary N) is 1. The first-order valence-electron chi connectivity index (χ1n) is 7.17. The molecule has 1 aliphatic rings. The molecule has 0 spiro atoms. The fourth-order valence-electron chi connectivity index (χ4n) is 2.69. The van der Waals surface area contributed by atoms with Gasteiger partial charge in [-0.05, 0) is 38.4 Å². The second-order valence-electron chi connectivity index (χ2n) is 5.27. The van der Waals surface area contributed by atoms with Crippen LogP contribution in [0.5, 0.6) is 0 Å². The van der Waals surface area contributed by atoms with Gasteiger partial charge in [-0.1, -0.05) is 13.0 Å². The lowest BCUT2D eigenvalue weighted by atomic mass is 10.1. The number of anilines is 1. The lowest BCUT2D eigenvalue weighted by molar-refractivity contribution is 0.118. The van der Waals surface area contributed by atoms with E-state index in [-0.39, 0.29) is 6.10 Å². The molecule has 0 amide bonds. The van der Waals surface area contributed by atoms with Crippen LogP contribution in [0.15, 0.2) is 18.3 Å². The Hall–Kier alpha value is -1.13. The normalized spacial score (nSPS) is 24.4. The zero-order chi connectivity index (χ0) is 13.8. The van der Waals surface area contributed by atoms with Gasteiger partial charge in [-0.3, -0.25) is 0 Å². The van der Waals surface area contributed by atoms with Crippen molar-refractivity contribution in [2.75, 3.05) is 25.1 Å². The minimum atomic E-state index is 0.284. The van der Waals surface area contributed by atoms with Gasteiger partial charge in [0.2, 0.25) is 0 Å². The average Bonchev–Trinajstić information content (AvgIpc) is 2.84. The predicted molar refractivity (Wildman–Crippen MR) is 78.6 cm³/mol. The Bertz CT molecular complexity index is 393. The first-order valence-corrected chi connectivity index (χ1v) is 7.17. The summed E-state index contributed by atoms with van der Waals surface area (Å²) >= 11 is 0. The number of pyridine rings is 1. The first-order chi connectivity index (χ1) is 9.13. The Morgan fingerprint density at radius 2 is 2.32 bits per heavy atom. The molecule has 2 rings (SSSR count). The van der Waals surface area contributed by atoms with Crippen molar-refractivity contribution < 1.29 is 4.74 Å². The molecule has 1 saturated heterocycles. The van der Waals surface area contributed by atoms with Crippen LogP contribution in [0, 0.1) is 0 Å². The van der Waals surface area contributed by atoms with Gasteiger partial charge in [-0.15, -0.1) is 0 Å². The maximum atomic E-state index is 5.62. The van der Waals surface area contributed by atoms with Gasteiger partial charge in [0.1, 0.15) is 5.82 Å². The Kier molecular flexibility index (Phi) is 4.77. The van der Waals surface area contributed by atoms with Crippen LogP contribution in [0.2, 0.25) is 0 Å². The number of nitrogens with zero attached hydrogens (tertiary/aromatic N) is 2. The number of rotatable bonds is 5. The summed E-state index contributed by atoms with van der Waals surface area (Å²) in [4.78, 5) is 6.83. The van der Waals surface area contributed by atoms with E-state index < -0.39 is 0 Å². The van der Waals surface area contributed by atoms with Crippen LogP contribution < -0.4 is 10.2 Å². The molecular formula is C15H25N3O. The molecule has 106 valence electrons. The van der Waals surface area contributed by atoms with E-state index in [4.69, 9.17) is 4.74 Å². The molecule has 0 bridgehead atoms. The standard InChI is InChI=1S/C15H25N3O/c1-5-16-11(2)13-6-7-15(17-10-13)18(4)14-8-9-19-12(14)3/h6-7,10-12,14,16H,5,8-9H2,1-4H3.